The Morgan fingerprint density at radius 1 is 1.50 bits per heavy atom. The molecular formula is C11H13ClO2. The molecule has 14 heavy (non-hydrogen) atoms. The Morgan fingerprint density at radius 2 is 2.14 bits per heavy atom. The lowest BCUT2D eigenvalue weighted by molar-refractivity contribution is -0.141. The highest BCUT2D eigenvalue weighted by molar-refractivity contribution is 6.30. The molecule has 0 bridgehead atoms. The molecule has 0 radical (unpaired) electrons. The molecule has 0 aromatic heterocycles. The molecule has 1 rings (SSSR count). The van der Waals surface area contributed by atoms with Crippen molar-refractivity contribution >= 4 is 17.6 Å². The number of carboxylic acid groups (broad SMARTS) is 1. The monoisotopic (exact) mass is 212 g/mol. The molecule has 0 heterocycles. The molecule has 1 aromatic carbocycles. The van der Waals surface area contributed by atoms with Crippen molar-refractivity contribution in [3.8, 4) is 0 Å². The summed E-state index contributed by atoms with van der Waals surface area (Å²) in [7, 11) is 0. The normalized spacial score (nSPS) is 12.5. The molecule has 0 amide bonds. The highest BCUT2D eigenvalue weighted by atomic mass is 35.5. The molecule has 0 saturated heterocycles. The highest BCUT2D eigenvalue weighted by Gasteiger charge is 2.11. The summed E-state index contributed by atoms with van der Waals surface area (Å²) in [4.78, 5) is 10.6. The van der Waals surface area contributed by atoms with E-state index in [2.05, 4.69) is 0 Å². The van der Waals surface area contributed by atoms with Crippen LogP contribution in [0.1, 0.15) is 18.1 Å². The zero-order valence-electron chi connectivity index (χ0n) is 8.25. The Kier molecular flexibility index (Phi) is 3.53. The number of hydrogen-bond acceptors (Lipinski definition) is 1. The average molecular weight is 213 g/mol. The van der Waals surface area contributed by atoms with Gasteiger partial charge in [0.15, 0.2) is 0 Å². The number of hydrogen-bond donors (Lipinski definition) is 1. The first-order valence-corrected chi connectivity index (χ1v) is 4.85. The molecule has 1 atom stereocenters. The fourth-order valence-corrected chi connectivity index (χ4v) is 1.68. The van der Waals surface area contributed by atoms with E-state index in [0.29, 0.717) is 11.4 Å². The zero-order valence-corrected chi connectivity index (χ0v) is 9.01. The maximum Gasteiger partial charge on any atom is 0.306 e. The first kappa shape index (κ1) is 11.1. The molecule has 0 fully saturated rings. The maximum absolute atomic E-state index is 10.6. The lowest BCUT2D eigenvalue weighted by Crippen LogP contribution is -2.12. The molecule has 0 aliphatic rings. The third-order valence-corrected chi connectivity index (χ3v) is 2.28. The third-order valence-electron chi connectivity index (χ3n) is 2.07. The van der Waals surface area contributed by atoms with Crippen LogP contribution in [0, 0.1) is 12.8 Å². The zero-order chi connectivity index (χ0) is 10.7. The number of halogens is 1. The van der Waals surface area contributed by atoms with Gasteiger partial charge in [-0.15, -0.1) is 0 Å². The number of carbonyl (C=O) groups is 1. The molecule has 3 heteroatoms. The predicted molar refractivity (Wildman–Crippen MR) is 56.7 cm³/mol. The Labute approximate surface area is 88.5 Å². The van der Waals surface area contributed by atoms with Crippen molar-refractivity contribution in [2.45, 2.75) is 20.3 Å². The van der Waals surface area contributed by atoms with Crippen molar-refractivity contribution in [2.75, 3.05) is 0 Å². The average Bonchev–Trinajstić information content (AvgIpc) is 2.01. The Morgan fingerprint density at radius 3 is 2.64 bits per heavy atom. The highest BCUT2D eigenvalue weighted by Crippen LogP contribution is 2.17. The van der Waals surface area contributed by atoms with Crippen LogP contribution in [0.5, 0.6) is 0 Å². The van der Waals surface area contributed by atoms with Crippen LogP contribution in [0.4, 0.5) is 0 Å². The third kappa shape index (κ3) is 3.04. The van der Waals surface area contributed by atoms with Crippen LogP contribution in [0.15, 0.2) is 18.2 Å². The molecular weight excluding hydrogens is 200 g/mol. The van der Waals surface area contributed by atoms with E-state index in [1.807, 2.05) is 25.1 Å². The number of aryl methyl sites for hydroxylation is 1. The van der Waals surface area contributed by atoms with Crippen LogP contribution in [-0.4, -0.2) is 11.1 Å². The second kappa shape index (κ2) is 4.47. The van der Waals surface area contributed by atoms with Gasteiger partial charge in [0.1, 0.15) is 0 Å². The lowest BCUT2D eigenvalue weighted by Gasteiger charge is -2.07. The molecule has 0 aliphatic heterocycles. The van der Waals surface area contributed by atoms with Gasteiger partial charge in [0.2, 0.25) is 0 Å². The van der Waals surface area contributed by atoms with Crippen LogP contribution < -0.4 is 0 Å². The molecule has 2 nitrogen and oxygen atoms in total. The van der Waals surface area contributed by atoms with E-state index in [9.17, 15) is 4.79 Å². The van der Waals surface area contributed by atoms with Gasteiger partial charge in [-0.3, -0.25) is 4.79 Å². The van der Waals surface area contributed by atoms with Gasteiger partial charge >= 0.3 is 5.97 Å². The van der Waals surface area contributed by atoms with E-state index >= 15 is 0 Å². The minimum absolute atomic E-state index is 0.368. The minimum atomic E-state index is -0.775. The topological polar surface area (TPSA) is 37.3 Å². The summed E-state index contributed by atoms with van der Waals surface area (Å²) in [5.74, 6) is -1.14. The standard InChI is InChI=1S/C11H13ClO2/c1-7-3-9(6-10(12)4-7)5-8(2)11(13)14/h3-4,6,8H,5H2,1-2H3,(H,13,14). The fourth-order valence-electron chi connectivity index (χ4n) is 1.37. The van der Waals surface area contributed by atoms with Crippen molar-refractivity contribution < 1.29 is 9.90 Å². The van der Waals surface area contributed by atoms with E-state index in [4.69, 9.17) is 16.7 Å². The van der Waals surface area contributed by atoms with Crippen LogP contribution in [0.25, 0.3) is 0 Å². The van der Waals surface area contributed by atoms with Gasteiger partial charge in [-0.05, 0) is 36.6 Å². The van der Waals surface area contributed by atoms with Gasteiger partial charge in [0.05, 0.1) is 5.92 Å². The Hall–Kier alpha value is -1.02. The van der Waals surface area contributed by atoms with Crippen LogP contribution in [-0.2, 0) is 11.2 Å². The van der Waals surface area contributed by atoms with E-state index < -0.39 is 5.97 Å². The Bertz CT molecular complexity index is 327. The summed E-state index contributed by atoms with van der Waals surface area (Å²) in [6.45, 7) is 3.64. The quantitative estimate of drug-likeness (QED) is 0.837. The van der Waals surface area contributed by atoms with Gasteiger partial charge in [0, 0.05) is 5.02 Å². The van der Waals surface area contributed by atoms with Crippen LogP contribution >= 0.6 is 11.6 Å². The summed E-state index contributed by atoms with van der Waals surface area (Å²) in [6, 6.07) is 5.63. The first-order valence-electron chi connectivity index (χ1n) is 4.48. The van der Waals surface area contributed by atoms with Gasteiger partial charge < -0.3 is 5.11 Å². The molecule has 0 saturated carbocycles. The SMILES string of the molecule is Cc1cc(Cl)cc(CC(C)C(=O)O)c1. The van der Waals surface area contributed by atoms with Gasteiger partial charge in [0.25, 0.3) is 0 Å². The lowest BCUT2D eigenvalue weighted by atomic mass is 10.00. The van der Waals surface area contributed by atoms with Crippen molar-refractivity contribution in [1.82, 2.24) is 0 Å². The summed E-state index contributed by atoms with van der Waals surface area (Å²) < 4.78 is 0. The number of aliphatic carboxylic acids is 1. The Balaban J connectivity index is 2.81. The van der Waals surface area contributed by atoms with Gasteiger partial charge in [-0.25, -0.2) is 0 Å². The molecule has 0 aliphatic carbocycles. The number of carboxylic acids is 1. The minimum Gasteiger partial charge on any atom is -0.481 e. The van der Waals surface area contributed by atoms with Crippen molar-refractivity contribution in [1.29, 1.82) is 0 Å². The number of rotatable bonds is 3. The van der Waals surface area contributed by atoms with E-state index in [1.165, 1.54) is 0 Å². The van der Waals surface area contributed by atoms with E-state index in [0.717, 1.165) is 11.1 Å². The summed E-state index contributed by atoms with van der Waals surface area (Å²) in [5, 5.41) is 9.41. The molecule has 1 aromatic rings. The first-order chi connectivity index (χ1) is 6.49. The van der Waals surface area contributed by atoms with Crippen LogP contribution in [0.3, 0.4) is 0 Å². The molecule has 76 valence electrons. The molecule has 1 unspecified atom stereocenters. The maximum atomic E-state index is 10.6. The second-order valence-electron chi connectivity index (χ2n) is 3.58. The largest absolute Gasteiger partial charge is 0.481 e. The predicted octanol–water partition coefficient (Wildman–Crippen LogP) is 2.91. The fraction of sp³-hybridized carbons (Fsp3) is 0.364. The van der Waals surface area contributed by atoms with Crippen molar-refractivity contribution in [3.05, 3.63) is 34.3 Å². The second-order valence-corrected chi connectivity index (χ2v) is 4.02. The molecule has 0 spiro atoms. The van der Waals surface area contributed by atoms with E-state index in [1.54, 1.807) is 6.92 Å². The van der Waals surface area contributed by atoms with Gasteiger partial charge in [-0.2, -0.15) is 0 Å². The smallest absolute Gasteiger partial charge is 0.306 e. The number of benzene rings is 1. The summed E-state index contributed by atoms with van der Waals surface area (Å²) in [5.41, 5.74) is 2.04. The van der Waals surface area contributed by atoms with Crippen LogP contribution in [0.2, 0.25) is 5.02 Å². The van der Waals surface area contributed by atoms with Crippen molar-refractivity contribution in [2.24, 2.45) is 5.92 Å². The summed E-state index contributed by atoms with van der Waals surface area (Å²) >= 11 is 5.87. The van der Waals surface area contributed by atoms with E-state index in [-0.39, 0.29) is 5.92 Å². The van der Waals surface area contributed by atoms with Gasteiger partial charge in [-0.1, -0.05) is 24.6 Å². The molecule has 1 N–H and O–H groups in total. The van der Waals surface area contributed by atoms with Crippen molar-refractivity contribution in [3.63, 3.8) is 0 Å². The summed E-state index contributed by atoms with van der Waals surface area (Å²) in [6.07, 6.45) is 0.525.